The van der Waals surface area contributed by atoms with Crippen LogP contribution >= 0.6 is 11.9 Å². The molecule has 8 heteroatoms. The van der Waals surface area contributed by atoms with Gasteiger partial charge < -0.3 is 20.2 Å². The molecule has 0 aliphatic carbocycles. The van der Waals surface area contributed by atoms with Crippen molar-refractivity contribution in [2.45, 2.75) is 6.92 Å². The van der Waals surface area contributed by atoms with Gasteiger partial charge in [0.25, 0.3) is 0 Å². The minimum Gasteiger partial charge on any atom is -0.464 e. The Morgan fingerprint density at radius 2 is 2.15 bits per heavy atom. The fourth-order valence-corrected chi connectivity index (χ4v) is 2.03. The monoisotopic (exact) mass is 297 g/mol. The summed E-state index contributed by atoms with van der Waals surface area (Å²) < 4.78 is 7.77. The van der Waals surface area contributed by atoms with Crippen LogP contribution in [0.5, 0.6) is 0 Å². The fraction of sp³-hybridized carbons (Fsp3) is 0.333. The molecule has 0 fully saturated rings. The van der Waals surface area contributed by atoms with Crippen molar-refractivity contribution in [3.8, 4) is 0 Å². The summed E-state index contributed by atoms with van der Waals surface area (Å²) in [6.07, 6.45) is 1.92. The van der Waals surface area contributed by atoms with Gasteiger partial charge in [-0.15, -0.1) is 0 Å². The minimum atomic E-state index is -0.613. The number of nitrogens with one attached hydrogen (secondary N) is 1. The third-order valence-electron chi connectivity index (χ3n) is 2.56. The van der Waals surface area contributed by atoms with Crippen LogP contribution in [-0.2, 0) is 9.53 Å². The molecule has 0 unspecified atom stereocenters. The third-order valence-corrected chi connectivity index (χ3v) is 2.98. The van der Waals surface area contributed by atoms with Crippen LogP contribution in [0.2, 0.25) is 0 Å². The number of aryl methyl sites for hydroxylation is 1. The summed E-state index contributed by atoms with van der Waals surface area (Å²) in [5.74, 6) is 5.01. The van der Waals surface area contributed by atoms with Crippen molar-refractivity contribution < 1.29 is 9.53 Å². The summed E-state index contributed by atoms with van der Waals surface area (Å²) >= 11 is 1.47. The van der Waals surface area contributed by atoms with Crippen LogP contribution in [0.4, 0.5) is 5.69 Å². The van der Waals surface area contributed by atoms with Crippen molar-refractivity contribution in [1.29, 1.82) is 0 Å². The molecular weight excluding hydrogens is 278 g/mol. The number of likely N-dealkylation sites (N-methyl/N-ethyl adjacent to an activating group) is 1. The Labute approximate surface area is 122 Å². The van der Waals surface area contributed by atoms with Gasteiger partial charge >= 0.3 is 5.97 Å². The smallest absolute Gasteiger partial charge is 0.357 e. The van der Waals surface area contributed by atoms with Crippen molar-refractivity contribution in [3.05, 3.63) is 29.2 Å². The van der Waals surface area contributed by atoms with Gasteiger partial charge in [-0.2, -0.15) is 0 Å². The number of pyridine rings is 1. The van der Waals surface area contributed by atoms with E-state index in [0.717, 1.165) is 16.4 Å². The SMILES string of the molecule is COC(=O)/C(=C(/N)c1ccc(NSC)c(C)n1)N(C)N. The van der Waals surface area contributed by atoms with E-state index in [1.807, 2.05) is 19.2 Å². The summed E-state index contributed by atoms with van der Waals surface area (Å²) in [5, 5.41) is 1.12. The summed E-state index contributed by atoms with van der Waals surface area (Å²) in [6.45, 7) is 1.85. The van der Waals surface area contributed by atoms with E-state index in [-0.39, 0.29) is 11.4 Å². The lowest BCUT2D eigenvalue weighted by Gasteiger charge is -2.17. The first-order valence-electron chi connectivity index (χ1n) is 5.75. The number of carbonyl (C=O) groups is 1. The van der Waals surface area contributed by atoms with Gasteiger partial charge in [-0.05, 0) is 19.1 Å². The van der Waals surface area contributed by atoms with E-state index in [0.29, 0.717) is 5.69 Å². The maximum absolute atomic E-state index is 11.7. The van der Waals surface area contributed by atoms with Gasteiger partial charge in [0, 0.05) is 13.3 Å². The van der Waals surface area contributed by atoms with Crippen LogP contribution in [-0.4, -0.2) is 36.4 Å². The number of hydrazine groups is 1. The van der Waals surface area contributed by atoms with E-state index in [4.69, 9.17) is 11.6 Å². The number of nitrogens with two attached hydrogens (primary N) is 2. The number of hydrogen-bond donors (Lipinski definition) is 3. The van der Waals surface area contributed by atoms with E-state index in [1.165, 1.54) is 26.1 Å². The molecule has 1 heterocycles. The molecule has 0 saturated carbocycles. The van der Waals surface area contributed by atoms with Gasteiger partial charge in [0.2, 0.25) is 0 Å². The lowest BCUT2D eigenvalue weighted by molar-refractivity contribution is -0.137. The molecule has 1 rings (SSSR count). The zero-order chi connectivity index (χ0) is 15.3. The molecule has 7 nitrogen and oxygen atoms in total. The topological polar surface area (TPSA) is 106 Å². The number of ether oxygens (including phenoxy) is 1. The van der Waals surface area contributed by atoms with Crippen LogP contribution in [0, 0.1) is 6.92 Å². The Bertz CT molecular complexity index is 531. The lowest BCUT2D eigenvalue weighted by Crippen LogP contribution is -2.33. The largest absolute Gasteiger partial charge is 0.464 e. The van der Waals surface area contributed by atoms with Gasteiger partial charge in [-0.1, -0.05) is 11.9 Å². The van der Waals surface area contributed by atoms with E-state index >= 15 is 0 Å². The predicted molar refractivity (Wildman–Crippen MR) is 81.2 cm³/mol. The Morgan fingerprint density at radius 3 is 2.60 bits per heavy atom. The molecule has 1 aromatic rings. The molecule has 0 saturated heterocycles. The number of rotatable bonds is 5. The third kappa shape index (κ3) is 3.55. The standard InChI is InChI=1S/C12H19N5O2S/c1-7-8(16-20-4)5-6-9(15-7)10(13)11(17(2)14)12(18)19-3/h5-6,16H,13-14H2,1-4H3/b11-10-. The first-order valence-corrected chi connectivity index (χ1v) is 6.98. The Morgan fingerprint density at radius 1 is 1.50 bits per heavy atom. The van der Waals surface area contributed by atoms with E-state index in [2.05, 4.69) is 14.4 Å². The van der Waals surface area contributed by atoms with Crippen LogP contribution in [0.15, 0.2) is 17.8 Å². The fourth-order valence-electron chi connectivity index (χ4n) is 1.59. The van der Waals surface area contributed by atoms with Crippen molar-refractivity contribution in [3.63, 3.8) is 0 Å². The zero-order valence-corrected chi connectivity index (χ0v) is 12.7. The number of carbonyl (C=O) groups excluding carboxylic acids is 1. The highest BCUT2D eigenvalue weighted by molar-refractivity contribution is 7.99. The van der Waals surface area contributed by atoms with Gasteiger partial charge in [-0.25, -0.2) is 15.6 Å². The molecule has 1 aromatic heterocycles. The summed E-state index contributed by atoms with van der Waals surface area (Å²) in [6, 6.07) is 3.56. The van der Waals surface area contributed by atoms with Crippen molar-refractivity contribution in [2.24, 2.45) is 11.6 Å². The van der Waals surface area contributed by atoms with Gasteiger partial charge in [0.1, 0.15) is 0 Å². The predicted octanol–water partition coefficient (Wildman–Crippen LogP) is 0.686. The number of hydrogen-bond acceptors (Lipinski definition) is 8. The Hall–Kier alpha value is -1.93. The molecule has 0 spiro atoms. The van der Waals surface area contributed by atoms with Crippen LogP contribution in [0.3, 0.4) is 0 Å². The van der Waals surface area contributed by atoms with Gasteiger partial charge in [0.05, 0.1) is 29.9 Å². The second-order valence-electron chi connectivity index (χ2n) is 4.00. The molecule has 20 heavy (non-hydrogen) atoms. The second-order valence-corrected chi connectivity index (χ2v) is 4.61. The Balaban J connectivity index is 3.27. The summed E-state index contributed by atoms with van der Waals surface area (Å²) in [5.41, 5.74) is 8.32. The van der Waals surface area contributed by atoms with Crippen LogP contribution in [0.1, 0.15) is 11.4 Å². The van der Waals surface area contributed by atoms with Crippen LogP contribution in [0.25, 0.3) is 5.70 Å². The molecule has 0 bridgehead atoms. The lowest BCUT2D eigenvalue weighted by atomic mass is 10.2. The number of anilines is 1. The van der Waals surface area contributed by atoms with E-state index in [9.17, 15) is 4.79 Å². The first-order chi connectivity index (χ1) is 9.42. The van der Waals surface area contributed by atoms with Crippen molar-refractivity contribution >= 4 is 29.3 Å². The average Bonchev–Trinajstić information content (AvgIpc) is 2.40. The highest BCUT2D eigenvalue weighted by Gasteiger charge is 2.19. The molecule has 0 amide bonds. The number of methoxy groups -OCH3 is 1. The summed E-state index contributed by atoms with van der Waals surface area (Å²) in [4.78, 5) is 16.1. The zero-order valence-electron chi connectivity index (χ0n) is 11.9. The average molecular weight is 297 g/mol. The molecule has 0 atom stereocenters. The van der Waals surface area contributed by atoms with Gasteiger partial charge in [0.15, 0.2) is 5.70 Å². The highest BCUT2D eigenvalue weighted by atomic mass is 32.2. The second kappa shape index (κ2) is 7.01. The van der Waals surface area contributed by atoms with Crippen molar-refractivity contribution in [2.75, 3.05) is 25.1 Å². The van der Waals surface area contributed by atoms with Crippen LogP contribution < -0.4 is 16.3 Å². The normalized spacial score (nSPS) is 11.7. The quantitative estimate of drug-likeness (QED) is 0.239. The molecule has 0 aliphatic rings. The Kier molecular flexibility index (Phi) is 5.66. The molecule has 0 aliphatic heterocycles. The first kappa shape index (κ1) is 16.1. The van der Waals surface area contributed by atoms with Gasteiger partial charge in [-0.3, -0.25) is 0 Å². The number of esters is 1. The minimum absolute atomic E-state index is 0.0602. The molecule has 5 N–H and O–H groups in total. The highest BCUT2D eigenvalue weighted by Crippen LogP contribution is 2.20. The maximum Gasteiger partial charge on any atom is 0.357 e. The molecular formula is C12H19N5O2S. The summed E-state index contributed by atoms with van der Waals surface area (Å²) in [7, 11) is 2.78. The molecule has 0 radical (unpaired) electrons. The molecule has 0 aromatic carbocycles. The van der Waals surface area contributed by atoms with Crippen molar-refractivity contribution in [1.82, 2.24) is 9.99 Å². The number of aromatic nitrogens is 1. The van der Waals surface area contributed by atoms with E-state index in [1.54, 1.807) is 6.07 Å². The maximum atomic E-state index is 11.7. The van der Waals surface area contributed by atoms with E-state index < -0.39 is 5.97 Å². The number of nitrogens with zero attached hydrogens (tertiary/aromatic N) is 2. The molecule has 110 valence electrons.